The highest BCUT2D eigenvalue weighted by Crippen LogP contribution is 2.34. The molecule has 0 aliphatic carbocycles. The van der Waals surface area contributed by atoms with Gasteiger partial charge in [-0.05, 0) is 23.6 Å². The number of imidazole rings is 1. The summed E-state index contributed by atoms with van der Waals surface area (Å²) in [6.07, 6.45) is 3.52. The standard InChI is InChI=1S/C14H18N2O/c1-14(2,3)11-7-10(5-6-13(11)17-4)12-8-15-9-16-12/h5-9H,1-4H3,(H,15,16). The summed E-state index contributed by atoms with van der Waals surface area (Å²) in [6, 6.07) is 6.21. The number of methoxy groups -OCH3 is 1. The zero-order valence-electron chi connectivity index (χ0n) is 10.7. The second-order valence-corrected chi connectivity index (χ2v) is 5.13. The number of rotatable bonds is 2. The van der Waals surface area contributed by atoms with Gasteiger partial charge in [-0.3, -0.25) is 0 Å². The molecule has 17 heavy (non-hydrogen) atoms. The third-order valence-electron chi connectivity index (χ3n) is 2.82. The molecule has 0 fully saturated rings. The predicted molar refractivity (Wildman–Crippen MR) is 69.3 cm³/mol. The summed E-state index contributed by atoms with van der Waals surface area (Å²) < 4.78 is 5.42. The number of hydrogen-bond donors (Lipinski definition) is 1. The molecule has 0 aliphatic heterocycles. The minimum absolute atomic E-state index is 0.0569. The van der Waals surface area contributed by atoms with E-state index in [9.17, 15) is 0 Å². The molecule has 1 N–H and O–H groups in total. The van der Waals surface area contributed by atoms with Crippen molar-refractivity contribution in [2.75, 3.05) is 7.11 Å². The van der Waals surface area contributed by atoms with Crippen molar-refractivity contribution in [1.82, 2.24) is 9.97 Å². The zero-order valence-corrected chi connectivity index (χ0v) is 10.7. The highest BCUT2D eigenvalue weighted by Gasteiger charge is 2.19. The van der Waals surface area contributed by atoms with Crippen LogP contribution in [0.3, 0.4) is 0 Å². The zero-order chi connectivity index (χ0) is 12.5. The van der Waals surface area contributed by atoms with E-state index < -0.39 is 0 Å². The van der Waals surface area contributed by atoms with Crippen LogP contribution in [0.25, 0.3) is 11.3 Å². The van der Waals surface area contributed by atoms with Crippen LogP contribution in [0.15, 0.2) is 30.7 Å². The maximum absolute atomic E-state index is 5.42. The molecule has 2 aromatic rings. The van der Waals surface area contributed by atoms with Crippen molar-refractivity contribution in [2.24, 2.45) is 0 Å². The summed E-state index contributed by atoms with van der Waals surface area (Å²) in [5.41, 5.74) is 3.42. The highest BCUT2D eigenvalue weighted by molar-refractivity contribution is 5.62. The second kappa shape index (κ2) is 4.24. The molecule has 0 spiro atoms. The summed E-state index contributed by atoms with van der Waals surface area (Å²) in [5.74, 6) is 0.931. The van der Waals surface area contributed by atoms with E-state index in [1.54, 1.807) is 13.4 Å². The van der Waals surface area contributed by atoms with Crippen LogP contribution >= 0.6 is 0 Å². The average Bonchev–Trinajstić information content (AvgIpc) is 2.80. The molecular weight excluding hydrogens is 212 g/mol. The maximum Gasteiger partial charge on any atom is 0.122 e. The first kappa shape index (κ1) is 11.7. The monoisotopic (exact) mass is 230 g/mol. The first-order valence-electron chi connectivity index (χ1n) is 5.69. The molecule has 0 radical (unpaired) electrons. The van der Waals surface area contributed by atoms with Gasteiger partial charge in [-0.25, -0.2) is 4.98 Å². The van der Waals surface area contributed by atoms with Crippen molar-refractivity contribution in [2.45, 2.75) is 26.2 Å². The van der Waals surface area contributed by atoms with Crippen LogP contribution in [0.2, 0.25) is 0 Å². The van der Waals surface area contributed by atoms with Crippen molar-refractivity contribution in [3.63, 3.8) is 0 Å². The lowest BCUT2D eigenvalue weighted by Crippen LogP contribution is -2.12. The fourth-order valence-corrected chi connectivity index (χ4v) is 1.88. The molecule has 1 heterocycles. The number of aromatic amines is 1. The number of ether oxygens (including phenoxy) is 1. The van der Waals surface area contributed by atoms with Crippen LogP contribution in [0, 0.1) is 0 Å². The fraction of sp³-hybridized carbons (Fsp3) is 0.357. The lowest BCUT2D eigenvalue weighted by Gasteiger charge is -2.22. The molecule has 3 nitrogen and oxygen atoms in total. The maximum atomic E-state index is 5.42. The van der Waals surface area contributed by atoms with E-state index in [4.69, 9.17) is 4.74 Å². The number of hydrogen-bond acceptors (Lipinski definition) is 2. The highest BCUT2D eigenvalue weighted by atomic mass is 16.5. The number of nitrogens with one attached hydrogen (secondary N) is 1. The van der Waals surface area contributed by atoms with Crippen molar-refractivity contribution in [3.05, 3.63) is 36.3 Å². The summed E-state index contributed by atoms with van der Waals surface area (Å²) in [5, 5.41) is 0. The minimum Gasteiger partial charge on any atom is -0.496 e. The smallest absolute Gasteiger partial charge is 0.122 e. The number of aromatic nitrogens is 2. The molecular formula is C14H18N2O. The van der Waals surface area contributed by atoms with Gasteiger partial charge in [0.15, 0.2) is 0 Å². The van der Waals surface area contributed by atoms with E-state index in [0.717, 1.165) is 17.0 Å². The van der Waals surface area contributed by atoms with Gasteiger partial charge in [0.2, 0.25) is 0 Å². The van der Waals surface area contributed by atoms with Crippen LogP contribution in [-0.4, -0.2) is 17.1 Å². The van der Waals surface area contributed by atoms with Gasteiger partial charge in [-0.1, -0.05) is 20.8 Å². The van der Waals surface area contributed by atoms with E-state index in [2.05, 4.69) is 36.8 Å². The number of nitrogens with zero attached hydrogens (tertiary/aromatic N) is 1. The predicted octanol–water partition coefficient (Wildman–Crippen LogP) is 3.38. The molecule has 3 heteroatoms. The SMILES string of the molecule is COc1ccc(-c2cnc[nH]2)cc1C(C)(C)C. The topological polar surface area (TPSA) is 37.9 Å². The summed E-state index contributed by atoms with van der Waals surface area (Å²) in [6.45, 7) is 6.55. The molecule has 0 atom stereocenters. The Morgan fingerprint density at radius 1 is 1.24 bits per heavy atom. The van der Waals surface area contributed by atoms with Crippen molar-refractivity contribution < 1.29 is 4.74 Å². The Labute approximate surface area is 102 Å². The van der Waals surface area contributed by atoms with Gasteiger partial charge in [0.1, 0.15) is 5.75 Å². The van der Waals surface area contributed by atoms with Crippen LogP contribution in [0.5, 0.6) is 5.75 Å². The minimum atomic E-state index is 0.0569. The van der Waals surface area contributed by atoms with Gasteiger partial charge in [0.05, 0.1) is 25.3 Å². The summed E-state index contributed by atoms with van der Waals surface area (Å²) >= 11 is 0. The van der Waals surface area contributed by atoms with E-state index in [-0.39, 0.29) is 5.41 Å². The van der Waals surface area contributed by atoms with Gasteiger partial charge in [0, 0.05) is 11.1 Å². The number of benzene rings is 1. The largest absolute Gasteiger partial charge is 0.496 e. The molecule has 0 bridgehead atoms. The Kier molecular flexibility index (Phi) is 2.92. The van der Waals surface area contributed by atoms with Crippen LogP contribution in [0.4, 0.5) is 0 Å². The molecule has 0 saturated heterocycles. The van der Waals surface area contributed by atoms with Gasteiger partial charge >= 0.3 is 0 Å². The Bertz CT molecular complexity index is 495. The van der Waals surface area contributed by atoms with E-state index in [1.165, 1.54) is 5.56 Å². The molecule has 0 aliphatic rings. The van der Waals surface area contributed by atoms with Crippen molar-refractivity contribution in [3.8, 4) is 17.0 Å². The molecule has 2 rings (SSSR count). The lowest BCUT2D eigenvalue weighted by molar-refractivity contribution is 0.397. The molecule has 0 unspecified atom stereocenters. The van der Waals surface area contributed by atoms with E-state index >= 15 is 0 Å². The number of H-pyrrole nitrogens is 1. The molecule has 0 amide bonds. The first-order valence-corrected chi connectivity index (χ1v) is 5.69. The summed E-state index contributed by atoms with van der Waals surface area (Å²) in [7, 11) is 1.71. The normalized spacial score (nSPS) is 11.5. The third-order valence-corrected chi connectivity index (χ3v) is 2.82. The molecule has 90 valence electrons. The Hall–Kier alpha value is -1.77. The third kappa shape index (κ3) is 2.33. The van der Waals surface area contributed by atoms with Crippen LogP contribution in [0.1, 0.15) is 26.3 Å². The molecule has 1 aromatic heterocycles. The second-order valence-electron chi connectivity index (χ2n) is 5.13. The quantitative estimate of drug-likeness (QED) is 0.858. The van der Waals surface area contributed by atoms with E-state index in [1.807, 2.05) is 18.3 Å². The lowest BCUT2D eigenvalue weighted by atomic mass is 9.85. The Balaban J connectivity index is 2.53. The fourth-order valence-electron chi connectivity index (χ4n) is 1.88. The van der Waals surface area contributed by atoms with Gasteiger partial charge in [0.25, 0.3) is 0 Å². The summed E-state index contributed by atoms with van der Waals surface area (Å²) in [4.78, 5) is 7.16. The first-order chi connectivity index (χ1) is 8.02. The average molecular weight is 230 g/mol. The van der Waals surface area contributed by atoms with Gasteiger partial charge in [-0.2, -0.15) is 0 Å². The van der Waals surface area contributed by atoms with Crippen molar-refractivity contribution >= 4 is 0 Å². The molecule has 1 aromatic carbocycles. The Morgan fingerprint density at radius 2 is 2.00 bits per heavy atom. The van der Waals surface area contributed by atoms with Crippen molar-refractivity contribution in [1.29, 1.82) is 0 Å². The molecule has 0 saturated carbocycles. The van der Waals surface area contributed by atoms with Crippen LogP contribution in [-0.2, 0) is 5.41 Å². The van der Waals surface area contributed by atoms with Crippen LogP contribution < -0.4 is 4.74 Å². The Morgan fingerprint density at radius 3 is 2.53 bits per heavy atom. The van der Waals surface area contributed by atoms with Gasteiger partial charge in [-0.15, -0.1) is 0 Å². The van der Waals surface area contributed by atoms with Gasteiger partial charge < -0.3 is 9.72 Å². The van der Waals surface area contributed by atoms with E-state index in [0.29, 0.717) is 0 Å².